The minimum atomic E-state index is 0.581. The number of aryl methyl sites for hydroxylation is 1. The second kappa shape index (κ2) is 8.11. The van der Waals surface area contributed by atoms with Crippen LogP contribution in [0.5, 0.6) is 0 Å². The standard InChI is InChI=1S/C20H21N3O/c1-2-24-20(23-19-15-10-9-14-18(19)21-22-23)16-8-4-7-13-17-11-5-3-6-12-17/h3-6,8-12,14-16H,2,7,13H2,1H3/b8-4+,20-16-. The molecular weight excluding hydrogens is 298 g/mol. The van der Waals surface area contributed by atoms with Gasteiger partial charge in [0, 0.05) is 6.08 Å². The fraction of sp³-hybridized carbons (Fsp3) is 0.200. The Labute approximate surface area is 142 Å². The third-order valence-electron chi connectivity index (χ3n) is 3.67. The summed E-state index contributed by atoms with van der Waals surface area (Å²) < 4.78 is 7.47. The van der Waals surface area contributed by atoms with Crippen molar-refractivity contribution in [1.29, 1.82) is 0 Å². The largest absolute Gasteiger partial charge is 0.478 e. The van der Waals surface area contributed by atoms with Crippen molar-refractivity contribution >= 4 is 16.9 Å². The van der Waals surface area contributed by atoms with Gasteiger partial charge in [0.15, 0.2) is 0 Å². The fourth-order valence-electron chi connectivity index (χ4n) is 2.50. The van der Waals surface area contributed by atoms with E-state index in [1.165, 1.54) is 5.56 Å². The molecule has 0 saturated carbocycles. The number of hydrogen-bond donors (Lipinski definition) is 0. The normalized spacial score (nSPS) is 12.1. The molecule has 1 aromatic heterocycles. The van der Waals surface area contributed by atoms with Crippen molar-refractivity contribution in [2.75, 3.05) is 6.61 Å². The van der Waals surface area contributed by atoms with Gasteiger partial charge in [-0.1, -0.05) is 59.8 Å². The highest BCUT2D eigenvalue weighted by Gasteiger charge is 2.08. The highest BCUT2D eigenvalue weighted by atomic mass is 16.5. The first-order valence-electron chi connectivity index (χ1n) is 8.23. The zero-order valence-electron chi connectivity index (χ0n) is 13.8. The summed E-state index contributed by atoms with van der Waals surface area (Å²) in [5.41, 5.74) is 3.14. The average molecular weight is 319 g/mol. The van der Waals surface area contributed by atoms with Gasteiger partial charge in [-0.05, 0) is 37.5 Å². The van der Waals surface area contributed by atoms with Crippen molar-refractivity contribution in [3.05, 3.63) is 78.4 Å². The molecule has 2 aromatic carbocycles. The molecule has 4 heteroatoms. The Hall–Kier alpha value is -2.88. The molecule has 0 atom stereocenters. The van der Waals surface area contributed by atoms with Crippen LogP contribution in [0.1, 0.15) is 18.9 Å². The van der Waals surface area contributed by atoms with Crippen LogP contribution in [0.4, 0.5) is 0 Å². The Kier molecular flexibility index (Phi) is 5.40. The zero-order chi connectivity index (χ0) is 16.6. The number of aromatic nitrogens is 3. The molecule has 122 valence electrons. The van der Waals surface area contributed by atoms with Gasteiger partial charge in [-0.15, -0.1) is 5.10 Å². The summed E-state index contributed by atoms with van der Waals surface area (Å²) in [6.45, 7) is 2.55. The number of fused-ring (bicyclic) bond motifs is 1. The summed E-state index contributed by atoms with van der Waals surface area (Å²) in [6, 6.07) is 18.3. The SMILES string of the molecule is CCO/C(=C\C=C\CCc1ccccc1)n1nnc2ccccc21. The van der Waals surface area contributed by atoms with E-state index in [0.29, 0.717) is 12.5 Å². The second-order valence-corrected chi connectivity index (χ2v) is 5.38. The van der Waals surface area contributed by atoms with Crippen LogP contribution < -0.4 is 0 Å². The number of nitrogens with zero attached hydrogens (tertiary/aromatic N) is 3. The van der Waals surface area contributed by atoms with Gasteiger partial charge in [0.05, 0.1) is 12.1 Å². The molecule has 24 heavy (non-hydrogen) atoms. The summed E-state index contributed by atoms with van der Waals surface area (Å²) in [6.07, 6.45) is 8.12. The first-order valence-corrected chi connectivity index (χ1v) is 8.23. The topological polar surface area (TPSA) is 39.9 Å². The van der Waals surface area contributed by atoms with Gasteiger partial charge in [-0.25, -0.2) is 0 Å². The maximum Gasteiger partial charge on any atom is 0.216 e. The number of para-hydroxylation sites is 1. The van der Waals surface area contributed by atoms with Crippen molar-refractivity contribution in [2.24, 2.45) is 0 Å². The van der Waals surface area contributed by atoms with Crippen LogP contribution in [0, 0.1) is 0 Å². The Balaban J connectivity index is 1.71. The number of rotatable bonds is 7. The molecule has 4 nitrogen and oxygen atoms in total. The van der Waals surface area contributed by atoms with E-state index in [4.69, 9.17) is 4.74 Å². The predicted octanol–water partition coefficient (Wildman–Crippen LogP) is 4.46. The van der Waals surface area contributed by atoms with Crippen LogP contribution in [-0.2, 0) is 11.2 Å². The minimum Gasteiger partial charge on any atom is -0.478 e. The monoisotopic (exact) mass is 319 g/mol. The third kappa shape index (κ3) is 3.90. The van der Waals surface area contributed by atoms with Gasteiger partial charge in [0.2, 0.25) is 5.88 Å². The molecule has 0 amide bonds. The lowest BCUT2D eigenvalue weighted by molar-refractivity contribution is 0.273. The lowest BCUT2D eigenvalue weighted by Crippen LogP contribution is -2.03. The van der Waals surface area contributed by atoms with E-state index < -0.39 is 0 Å². The van der Waals surface area contributed by atoms with Crippen molar-refractivity contribution in [1.82, 2.24) is 15.0 Å². The van der Waals surface area contributed by atoms with E-state index >= 15 is 0 Å². The van der Waals surface area contributed by atoms with Gasteiger partial charge < -0.3 is 4.74 Å². The van der Waals surface area contributed by atoms with Crippen molar-refractivity contribution in [3.63, 3.8) is 0 Å². The fourth-order valence-corrected chi connectivity index (χ4v) is 2.50. The maximum absolute atomic E-state index is 5.73. The van der Waals surface area contributed by atoms with Crippen molar-refractivity contribution < 1.29 is 4.74 Å². The van der Waals surface area contributed by atoms with Crippen molar-refractivity contribution in [3.8, 4) is 0 Å². The van der Waals surface area contributed by atoms with Crippen LogP contribution in [-0.4, -0.2) is 21.6 Å². The molecule has 1 heterocycles. The third-order valence-corrected chi connectivity index (χ3v) is 3.67. The van der Waals surface area contributed by atoms with Crippen LogP contribution in [0.15, 0.2) is 72.8 Å². The van der Waals surface area contributed by atoms with E-state index in [0.717, 1.165) is 23.9 Å². The lowest BCUT2D eigenvalue weighted by Gasteiger charge is -2.07. The van der Waals surface area contributed by atoms with E-state index in [1.54, 1.807) is 4.68 Å². The van der Waals surface area contributed by atoms with E-state index in [-0.39, 0.29) is 0 Å². The molecule has 3 rings (SSSR count). The van der Waals surface area contributed by atoms with Crippen LogP contribution in [0.2, 0.25) is 0 Å². The molecule has 0 aliphatic rings. The predicted molar refractivity (Wildman–Crippen MR) is 97.3 cm³/mol. The molecule has 0 radical (unpaired) electrons. The molecule has 0 aliphatic carbocycles. The molecule has 0 aliphatic heterocycles. The highest BCUT2D eigenvalue weighted by molar-refractivity contribution is 5.76. The smallest absolute Gasteiger partial charge is 0.216 e. The van der Waals surface area contributed by atoms with Crippen LogP contribution >= 0.6 is 0 Å². The van der Waals surface area contributed by atoms with Gasteiger partial charge in [-0.2, -0.15) is 4.68 Å². The average Bonchev–Trinajstić information content (AvgIpc) is 3.05. The molecular formula is C20H21N3O. The molecule has 3 aromatic rings. The lowest BCUT2D eigenvalue weighted by atomic mass is 10.1. The quantitative estimate of drug-likeness (QED) is 0.477. The number of benzene rings is 2. The van der Waals surface area contributed by atoms with Gasteiger partial charge in [-0.3, -0.25) is 0 Å². The second-order valence-electron chi connectivity index (χ2n) is 5.38. The minimum absolute atomic E-state index is 0.581. The molecule has 0 unspecified atom stereocenters. The summed E-state index contributed by atoms with van der Waals surface area (Å²) in [5.74, 6) is 0.683. The van der Waals surface area contributed by atoms with E-state index in [2.05, 4.69) is 40.7 Å². The molecule has 0 saturated heterocycles. The van der Waals surface area contributed by atoms with Gasteiger partial charge in [0.1, 0.15) is 5.52 Å². The van der Waals surface area contributed by atoms with Crippen LogP contribution in [0.3, 0.4) is 0 Å². The highest BCUT2D eigenvalue weighted by Crippen LogP contribution is 2.16. The number of hydrogen-bond acceptors (Lipinski definition) is 3. The summed E-state index contributed by atoms with van der Waals surface area (Å²) in [5, 5.41) is 8.37. The summed E-state index contributed by atoms with van der Waals surface area (Å²) in [4.78, 5) is 0. The first kappa shape index (κ1) is 16.0. The molecule has 0 N–H and O–H groups in total. The number of allylic oxidation sites excluding steroid dienone is 3. The van der Waals surface area contributed by atoms with Crippen LogP contribution in [0.25, 0.3) is 16.9 Å². The van der Waals surface area contributed by atoms with Gasteiger partial charge in [0.25, 0.3) is 0 Å². The molecule has 0 bridgehead atoms. The zero-order valence-corrected chi connectivity index (χ0v) is 13.8. The van der Waals surface area contributed by atoms with E-state index in [1.807, 2.05) is 49.4 Å². The summed E-state index contributed by atoms with van der Waals surface area (Å²) >= 11 is 0. The Bertz CT molecular complexity index is 834. The first-order chi connectivity index (χ1) is 11.9. The van der Waals surface area contributed by atoms with E-state index in [9.17, 15) is 0 Å². The maximum atomic E-state index is 5.73. The Morgan fingerprint density at radius 1 is 1.08 bits per heavy atom. The molecule has 0 spiro atoms. The van der Waals surface area contributed by atoms with Crippen molar-refractivity contribution in [2.45, 2.75) is 19.8 Å². The Morgan fingerprint density at radius 2 is 1.88 bits per heavy atom. The summed E-state index contributed by atoms with van der Waals surface area (Å²) in [7, 11) is 0. The Morgan fingerprint density at radius 3 is 2.71 bits per heavy atom. The number of ether oxygens (including phenoxy) is 1. The van der Waals surface area contributed by atoms with Gasteiger partial charge >= 0.3 is 0 Å². The molecule has 0 fully saturated rings.